The average molecular weight is 731 g/mol. The molecule has 1 heterocycles. The number of hydrogen-bond acceptors (Lipinski definition) is 5. The Morgan fingerprint density at radius 2 is 1.13 bits per heavy atom. The lowest BCUT2D eigenvalue weighted by Crippen LogP contribution is -2.44. The van der Waals surface area contributed by atoms with Crippen LogP contribution in [0.4, 0.5) is 0 Å². The fourth-order valence-electron chi connectivity index (χ4n) is 7.77. The predicted molar refractivity (Wildman–Crippen MR) is 228 cm³/mol. The summed E-state index contributed by atoms with van der Waals surface area (Å²) in [6, 6.07) is 0.0823. The summed E-state index contributed by atoms with van der Waals surface area (Å²) in [5, 5.41) is 22.9. The van der Waals surface area contributed by atoms with Gasteiger partial charge in [0.1, 0.15) is 0 Å². The van der Waals surface area contributed by atoms with Crippen LogP contribution < -0.4 is 0 Å². The third kappa shape index (κ3) is 27.6. The van der Waals surface area contributed by atoms with Crippen LogP contribution in [0.25, 0.3) is 0 Å². The zero-order chi connectivity index (χ0) is 38.1. The second kappa shape index (κ2) is 33.4. The lowest BCUT2D eigenvalue weighted by atomic mass is 9.97. The van der Waals surface area contributed by atoms with Crippen molar-refractivity contribution in [2.24, 2.45) is 5.92 Å². The lowest BCUT2D eigenvalue weighted by Gasteiger charge is -2.34. The van der Waals surface area contributed by atoms with Gasteiger partial charge in [0.15, 0.2) is 5.79 Å². The maximum atomic E-state index is 11.9. The molecule has 0 bridgehead atoms. The molecule has 0 aromatic carbocycles. The molecule has 5 heteroatoms. The van der Waals surface area contributed by atoms with Crippen LogP contribution in [0.3, 0.4) is 0 Å². The van der Waals surface area contributed by atoms with Crippen molar-refractivity contribution in [1.82, 2.24) is 9.80 Å². The number of ether oxygens (including phenoxy) is 1. The van der Waals surface area contributed by atoms with Gasteiger partial charge in [-0.05, 0) is 97.7 Å². The maximum Gasteiger partial charge on any atom is 0.165 e. The molecule has 5 nitrogen and oxygen atoms in total. The second-order valence-corrected chi connectivity index (χ2v) is 16.9. The van der Waals surface area contributed by atoms with Crippen LogP contribution in [-0.4, -0.2) is 78.3 Å². The molecule has 1 fully saturated rings. The zero-order valence-electron chi connectivity index (χ0n) is 35.7. The Labute approximate surface area is 325 Å². The minimum absolute atomic E-state index is 0.0823. The monoisotopic (exact) mass is 731 g/mol. The summed E-state index contributed by atoms with van der Waals surface area (Å²) < 4.78 is 6.60. The maximum absolute atomic E-state index is 11.9. The molecule has 5 atom stereocenters. The highest BCUT2D eigenvalue weighted by Gasteiger charge is 2.36. The second-order valence-electron chi connectivity index (χ2n) is 16.9. The predicted octanol–water partition coefficient (Wildman–Crippen LogP) is 12.6. The first-order chi connectivity index (χ1) is 25.2. The summed E-state index contributed by atoms with van der Waals surface area (Å²) in [6.07, 6.45) is 46.6. The Kier molecular flexibility index (Phi) is 31.5. The van der Waals surface area contributed by atoms with Gasteiger partial charge in [0.05, 0.1) is 12.2 Å². The van der Waals surface area contributed by atoms with E-state index in [1.165, 1.54) is 128 Å². The molecule has 1 saturated heterocycles. The van der Waals surface area contributed by atoms with Gasteiger partial charge in [0, 0.05) is 38.4 Å². The fourth-order valence-corrected chi connectivity index (χ4v) is 7.77. The van der Waals surface area contributed by atoms with Gasteiger partial charge >= 0.3 is 0 Å². The summed E-state index contributed by atoms with van der Waals surface area (Å²) >= 11 is 0. The van der Waals surface area contributed by atoms with E-state index in [0.717, 1.165) is 51.1 Å². The molecule has 0 saturated carbocycles. The van der Waals surface area contributed by atoms with Crippen LogP contribution in [-0.2, 0) is 4.74 Å². The third-order valence-electron chi connectivity index (χ3n) is 11.3. The van der Waals surface area contributed by atoms with Crippen molar-refractivity contribution in [2.45, 2.75) is 225 Å². The number of likely N-dealkylation sites (N-methyl/N-ethyl adjacent to an activating group) is 2. The number of likely N-dealkylation sites (tertiary alicyclic amines) is 1. The number of rotatable bonds is 34. The summed E-state index contributed by atoms with van der Waals surface area (Å²) in [5.41, 5.74) is 0. The van der Waals surface area contributed by atoms with E-state index >= 15 is 0 Å². The Hall–Kier alpha value is -0.980. The van der Waals surface area contributed by atoms with Crippen molar-refractivity contribution in [2.75, 3.05) is 34.2 Å². The molecule has 1 aliphatic rings. The van der Waals surface area contributed by atoms with Crippen LogP contribution in [0.2, 0.25) is 0 Å². The van der Waals surface area contributed by atoms with Crippen molar-refractivity contribution in [3.05, 3.63) is 36.5 Å². The molecule has 306 valence electrons. The molecule has 0 aliphatic carbocycles. The first-order valence-corrected chi connectivity index (χ1v) is 22.6. The minimum Gasteiger partial charge on any atom is -0.391 e. The van der Waals surface area contributed by atoms with Crippen molar-refractivity contribution >= 4 is 0 Å². The van der Waals surface area contributed by atoms with Crippen molar-refractivity contribution in [3.63, 3.8) is 0 Å². The highest BCUT2D eigenvalue weighted by Crippen LogP contribution is 2.29. The van der Waals surface area contributed by atoms with E-state index in [2.05, 4.69) is 74.1 Å². The first kappa shape index (κ1) is 49.0. The van der Waals surface area contributed by atoms with Crippen LogP contribution in [0.1, 0.15) is 201 Å². The normalized spacial score (nSPS) is 20.8. The quantitative estimate of drug-likeness (QED) is 0.0392. The molecular weight excluding hydrogens is 641 g/mol. The van der Waals surface area contributed by atoms with Gasteiger partial charge in [-0.15, -0.1) is 0 Å². The summed E-state index contributed by atoms with van der Waals surface area (Å²) in [4.78, 5) is 4.38. The molecule has 1 aliphatic heterocycles. The summed E-state index contributed by atoms with van der Waals surface area (Å²) in [5.74, 6) is -0.239. The topological polar surface area (TPSA) is 56.2 Å². The fraction of sp³-hybridized carbons (Fsp3) is 0.872. The zero-order valence-corrected chi connectivity index (χ0v) is 35.7. The number of unbranched alkanes of at least 4 members (excludes halogenated alkanes) is 17. The SMILES string of the molecule is CCCCC/C=C\C/C=C\CCCCCCCCC(O)(CCCCCCCC/C=C\CCC(C)CCCCC)O[C@H]1C[C@H](O)C(N(C)C)CN(C)C1. The highest BCUT2D eigenvalue weighted by atomic mass is 16.6. The van der Waals surface area contributed by atoms with E-state index in [1.807, 2.05) is 14.1 Å². The van der Waals surface area contributed by atoms with Crippen LogP contribution in [0, 0.1) is 5.92 Å². The standard InChI is InChI=1S/C47H90N2O3/c1-7-9-11-12-13-14-15-16-17-18-19-21-24-27-30-34-38-47(51,52-44-40-46(50)45(48(4)5)42-49(6)41-44)39-35-31-28-25-22-20-23-26-29-33-37-43(3)36-32-10-8-2/h13-14,16-17,26,29,43-46,50-51H,7-12,15,18-25,27-28,30-42H2,1-6H3/b14-13-,17-16-,29-26-/t43?,44-,45?,46-,47?/m0/s1. The molecule has 2 N–H and O–H groups in total. The molecule has 0 spiro atoms. The molecule has 0 amide bonds. The number of hydrogen-bond donors (Lipinski definition) is 2. The van der Waals surface area contributed by atoms with Gasteiger partial charge in [-0.3, -0.25) is 0 Å². The van der Waals surface area contributed by atoms with Gasteiger partial charge in [-0.1, -0.05) is 147 Å². The van der Waals surface area contributed by atoms with Gasteiger partial charge in [0.2, 0.25) is 0 Å². The largest absolute Gasteiger partial charge is 0.391 e. The first-order valence-electron chi connectivity index (χ1n) is 22.6. The highest BCUT2D eigenvalue weighted by molar-refractivity contribution is 4.93. The van der Waals surface area contributed by atoms with E-state index in [4.69, 9.17) is 4.74 Å². The Balaban J connectivity index is 2.38. The molecule has 1 rings (SSSR count). The van der Waals surface area contributed by atoms with Crippen molar-refractivity contribution in [3.8, 4) is 0 Å². The molecule has 0 radical (unpaired) electrons. The molecule has 0 aromatic heterocycles. The van der Waals surface area contributed by atoms with Crippen LogP contribution >= 0.6 is 0 Å². The number of nitrogens with zero attached hydrogens (tertiary/aromatic N) is 2. The van der Waals surface area contributed by atoms with Crippen molar-refractivity contribution < 1.29 is 14.9 Å². The summed E-state index contributed by atoms with van der Waals surface area (Å²) in [6.45, 7) is 8.52. The Morgan fingerprint density at radius 3 is 1.69 bits per heavy atom. The smallest absolute Gasteiger partial charge is 0.165 e. The van der Waals surface area contributed by atoms with Gasteiger partial charge in [-0.2, -0.15) is 0 Å². The number of allylic oxidation sites excluding steroid dienone is 6. The number of aliphatic hydroxyl groups is 2. The van der Waals surface area contributed by atoms with E-state index in [1.54, 1.807) is 0 Å². The molecule has 52 heavy (non-hydrogen) atoms. The Morgan fingerprint density at radius 1 is 0.654 bits per heavy atom. The molecule has 3 unspecified atom stereocenters. The van der Waals surface area contributed by atoms with E-state index < -0.39 is 11.9 Å². The molecular formula is C47H90N2O3. The lowest BCUT2D eigenvalue weighted by molar-refractivity contribution is -0.243. The van der Waals surface area contributed by atoms with E-state index in [-0.39, 0.29) is 12.1 Å². The van der Waals surface area contributed by atoms with Crippen LogP contribution in [0.5, 0.6) is 0 Å². The third-order valence-corrected chi connectivity index (χ3v) is 11.3. The Bertz CT molecular complexity index is 873. The minimum atomic E-state index is -1.10. The average Bonchev–Trinajstić information content (AvgIpc) is 3.25. The van der Waals surface area contributed by atoms with E-state index in [0.29, 0.717) is 19.3 Å². The van der Waals surface area contributed by atoms with Crippen LogP contribution in [0.15, 0.2) is 36.5 Å². The summed E-state index contributed by atoms with van der Waals surface area (Å²) in [7, 11) is 6.19. The van der Waals surface area contributed by atoms with E-state index in [9.17, 15) is 10.2 Å². The van der Waals surface area contributed by atoms with Crippen molar-refractivity contribution in [1.29, 1.82) is 0 Å². The number of aliphatic hydroxyl groups excluding tert-OH is 1. The molecule has 0 aromatic rings. The van der Waals surface area contributed by atoms with Gasteiger partial charge < -0.3 is 24.7 Å². The van der Waals surface area contributed by atoms with Gasteiger partial charge in [-0.25, -0.2) is 0 Å². The van der Waals surface area contributed by atoms with Gasteiger partial charge in [0.25, 0.3) is 0 Å².